The minimum atomic E-state index is -1.91. The summed E-state index contributed by atoms with van der Waals surface area (Å²) < 4.78 is 4.95. The Morgan fingerprint density at radius 2 is 1.93 bits per heavy atom. The van der Waals surface area contributed by atoms with Gasteiger partial charge in [-0.05, 0) is 12.1 Å². The van der Waals surface area contributed by atoms with Gasteiger partial charge in [0.15, 0.2) is 12.2 Å². The maximum absolute atomic E-state index is 12.5. The third kappa shape index (κ3) is 5.93. The number of aliphatic imine (C=N–C) groups is 1. The van der Waals surface area contributed by atoms with Gasteiger partial charge < -0.3 is 30.1 Å². The predicted molar refractivity (Wildman–Crippen MR) is 110 cm³/mol. The highest BCUT2D eigenvalue weighted by Gasteiger charge is 2.34. The van der Waals surface area contributed by atoms with Crippen LogP contribution in [0.4, 0.5) is 5.69 Å². The van der Waals surface area contributed by atoms with Crippen molar-refractivity contribution < 1.29 is 24.5 Å². The van der Waals surface area contributed by atoms with E-state index in [4.69, 9.17) is 16.3 Å². The molecule has 1 fully saturated rings. The molecule has 2 rings (SSSR count). The van der Waals surface area contributed by atoms with Crippen LogP contribution < -0.4 is 10.2 Å². The van der Waals surface area contributed by atoms with Gasteiger partial charge in [-0.3, -0.25) is 14.6 Å². The molecule has 2 amide bonds. The number of carbonyl (C=O) groups is 2. The van der Waals surface area contributed by atoms with Gasteiger partial charge in [0.05, 0.1) is 23.5 Å². The second kappa shape index (κ2) is 10.8. The summed E-state index contributed by atoms with van der Waals surface area (Å²) in [4.78, 5) is 31.7. The van der Waals surface area contributed by atoms with E-state index < -0.39 is 24.0 Å². The van der Waals surface area contributed by atoms with Crippen molar-refractivity contribution in [2.24, 2.45) is 4.99 Å². The third-order valence-corrected chi connectivity index (χ3v) is 4.81. The van der Waals surface area contributed by atoms with E-state index in [1.807, 2.05) is 23.1 Å². The summed E-state index contributed by atoms with van der Waals surface area (Å²) in [7, 11) is 1.46. The minimum Gasteiger partial charge on any atom is -0.450 e. The Bertz CT molecular complexity index is 765. The Morgan fingerprint density at radius 3 is 2.52 bits per heavy atom. The van der Waals surface area contributed by atoms with Crippen LogP contribution in [-0.4, -0.2) is 84.8 Å². The Hall–Kier alpha value is -2.62. The van der Waals surface area contributed by atoms with Gasteiger partial charge in [-0.1, -0.05) is 30.3 Å². The zero-order valence-electron chi connectivity index (χ0n) is 16.1. The molecule has 0 bridgehead atoms. The van der Waals surface area contributed by atoms with Crippen molar-refractivity contribution in [2.75, 3.05) is 44.7 Å². The van der Waals surface area contributed by atoms with Crippen LogP contribution in [-0.2, 0) is 14.3 Å². The Balaban J connectivity index is 1.87. The molecule has 10 heteroatoms. The topological polar surface area (TPSA) is 115 Å². The Kier molecular flexibility index (Phi) is 8.44. The number of aliphatic hydroxyl groups is 2. The molecule has 3 N–H and O–H groups in total. The lowest BCUT2D eigenvalue weighted by Gasteiger charge is -2.37. The second-order valence-electron chi connectivity index (χ2n) is 6.27. The standard InChI is InChI=1S/C19H25ClN4O5/c1-3-29-15(21-2)12-22-18(27)16(25)17(26)19(28)24-10-8-23(9-11-24)14-7-5-4-6-13(14)20/h3-7,16-17,25-26H,1,8-12H2,2H3,(H,22,27). The van der Waals surface area contributed by atoms with E-state index in [1.54, 1.807) is 6.07 Å². The number of hydrogen-bond acceptors (Lipinski definition) is 7. The molecule has 1 aliphatic rings. The monoisotopic (exact) mass is 424 g/mol. The maximum Gasteiger partial charge on any atom is 0.254 e. The number of piperazine rings is 1. The lowest BCUT2D eigenvalue weighted by Crippen LogP contribution is -2.56. The molecular formula is C19H25ClN4O5. The van der Waals surface area contributed by atoms with Gasteiger partial charge in [-0.25, -0.2) is 0 Å². The summed E-state index contributed by atoms with van der Waals surface area (Å²) in [5.74, 6) is -1.45. The van der Waals surface area contributed by atoms with E-state index in [9.17, 15) is 19.8 Å². The first-order valence-electron chi connectivity index (χ1n) is 9.04. The van der Waals surface area contributed by atoms with E-state index >= 15 is 0 Å². The van der Waals surface area contributed by atoms with Crippen LogP contribution >= 0.6 is 11.6 Å². The number of nitrogens with zero attached hydrogens (tertiary/aromatic N) is 3. The molecule has 2 unspecified atom stereocenters. The molecule has 0 spiro atoms. The van der Waals surface area contributed by atoms with Gasteiger partial charge in [0, 0.05) is 33.2 Å². The summed E-state index contributed by atoms with van der Waals surface area (Å²) in [5.41, 5.74) is 0.872. The van der Waals surface area contributed by atoms with Crippen molar-refractivity contribution in [3.8, 4) is 0 Å². The second-order valence-corrected chi connectivity index (χ2v) is 6.68. The molecule has 2 atom stereocenters. The van der Waals surface area contributed by atoms with Crippen molar-refractivity contribution in [1.29, 1.82) is 0 Å². The number of aliphatic hydroxyl groups excluding tert-OH is 2. The van der Waals surface area contributed by atoms with Gasteiger partial charge in [0.2, 0.25) is 5.90 Å². The van der Waals surface area contributed by atoms with Gasteiger partial charge in [0.25, 0.3) is 11.8 Å². The average molecular weight is 425 g/mol. The van der Waals surface area contributed by atoms with E-state index in [1.165, 1.54) is 11.9 Å². The highest BCUT2D eigenvalue weighted by molar-refractivity contribution is 6.33. The van der Waals surface area contributed by atoms with Gasteiger partial charge >= 0.3 is 0 Å². The number of halogens is 1. The molecule has 0 aliphatic carbocycles. The molecule has 158 valence electrons. The average Bonchev–Trinajstić information content (AvgIpc) is 2.75. The van der Waals surface area contributed by atoms with Crippen molar-refractivity contribution in [2.45, 2.75) is 12.2 Å². The molecular weight excluding hydrogens is 400 g/mol. The number of para-hydroxylation sites is 1. The predicted octanol–water partition coefficient (Wildman–Crippen LogP) is 0.0150. The van der Waals surface area contributed by atoms with E-state index in [-0.39, 0.29) is 12.4 Å². The van der Waals surface area contributed by atoms with Crippen LogP contribution in [0, 0.1) is 0 Å². The fourth-order valence-electron chi connectivity index (χ4n) is 2.88. The maximum atomic E-state index is 12.5. The highest BCUT2D eigenvalue weighted by Crippen LogP contribution is 2.26. The molecule has 1 saturated heterocycles. The van der Waals surface area contributed by atoms with Crippen LogP contribution in [0.2, 0.25) is 5.02 Å². The molecule has 1 aromatic rings. The summed E-state index contributed by atoms with van der Waals surface area (Å²) in [6.07, 6.45) is -2.64. The molecule has 9 nitrogen and oxygen atoms in total. The zero-order valence-corrected chi connectivity index (χ0v) is 16.9. The molecule has 1 aliphatic heterocycles. The van der Waals surface area contributed by atoms with Gasteiger partial charge in [-0.15, -0.1) is 0 Å². The van der Waals surface area contributed by atoms with Crippen molar-refractivity contribution in [3.05, 3.63) is 42.1 Å². The van der Waals surface area contributed by atoms with E-state index in [0.717, 1.165) is 11.9 Å². The van der Waals surface area contributed by atoms with Crippen LogP contribution in [0.15, 0.2) is 42.1 Å². The number of benzene rings is 1. The lowest BCUT2D eigenvalue weighted by molar-refractivity contribution is -0.153. The first kappa shape index (κ1) is 22.7. The number of carbonyl (C=O) groups excluding carboxylic acids is 2. The minimum absolute atomic E-state index is 0.115. The first-order valence-corrected chi connectivity index (χ1v) is 9.42. The van der Waals surface area contributed by atoms with Crippen molar-refractivity contribution in [3.63, 3.8) is 0 Å². The molecule has 0 saturated carbocycles. The number of ether oxygens (including phenoxy) is 1. The smallest absolute Gasteiger partial charge is 0.254 e. The molecule has 0 radical (unpaired) electrons. The zero-order chi connectivity index (χ0) is 21.4. The summed E-state index contributed by atoms with van der Waals surface area (Å²) in [5, 5.41) is 23.1. The number of nitrogens with one attached hydrogen (secondary N) is 1. The Labute approximate surface area is 174 Å². The summed E-state index contributed by atoms with van der Waals surface area (Å²) in [6, 6.07) is 7.41. The summed E-state index contributed by atoms with van der Waals surface area (Å²) in [6.45, 7) is 4.95. The van der Waals surface area contributed by atoms with Crippen LogP contribution in [0.1, 0.15) is 0 Å². The SMILES string of the molecule is C=COC(CNC(=O)C(O)C(O)C(=O)N1CCN(c2ccccc2Cl)CC1)=NC. The number of rotatable bonds is 7. The Morgan fingerprint density at radius 1 is 1.28 bits per heavy atom. The van der Waals surface area contributed by atoms with Crippen LogP contribution in [0.3, 0.4) is 0 Å². The molecule has 1 aromatic carbocycles. The molecule has 0 aromatic heterocycles. The largest absolute Gasteiger partial charge is 0.450 e. The lowest BCUT2D eigenvalue weighted by atomic mass is 10.1. The van der Waals surface area contributed by atoms with Crippen LogP contribution in [0.5, 0.6) is 0 Å². The molecule has 29 heavy (non-hydrogen) atoms. The normalized spacial score (nSPS) is 16.8. The quantitative estimate of drug-likeness (QED) is 0.323. The summed E-state index contributed by atoms with van der Waals surface area (Å²) >= 11 is 6.20. The van der Waals surface area contributed by atoms with Crippen molar-refractivity contribution >= 4 is 35.0 Å². The fraction of sp³-hybridized carbons (Fsp3) is 0.421. The van der Waals surface area contributed by atoms with Crippen molar-refractivity contribution in [1.82, 2.24) is 10.2 Å². The van der Waals surface area contributed by atoms with Gasteiger partial charge in [0.1, 0.15) is 0 Å². The van der Waals surface area contributed by atoms with Crippen LogP contribution in [0.25, 0.3) is 0 Å². The van der Waals surface area contributed by atoms with Gasteiger partial charge in [-0.2, -0.15) is 0 Å². The number of hydrogen-bond donors (Lipinski definition) is 3. The highest BCUT2D eigenvalue weighted by atomic mass is 35.5. The third-order valence-electron chi connectivity index (χ3n) is 4.49. The first-order chi connectivity index (χ1) is 13.9. The fourth-order valence-corrected chi connectivity index (χ4v) is 3.13. The van der Waals surface area contributed by atoms with E-state index in [0.29, 0.717) is 31.2 Å². The number of amides is 2. The molecule has 1 heterocycles. The van der Waals surface area contributed by atoms with E-state index in [2.05, 4.69) is 16.9 Å². The number of anilines is 1.